The van der Waals surface area contributed by atoms with Crippen LogP contribution in [0.25, 0.3) is 0 Å². The van der Waals surface area contributed by atoms with Crippen LogP contribution in [0.2, 0.25) is 0 Å². The molecule has 0 heterocycles. The van der Waals surface area contributed by atoms with Crippen molar-refractivity contribution in [3.8, 4) is 0 Å². The maximum absolute atomic E-state index is 10.4. The molecule has 1 atom stereocenters. The fourth-order valence-electron chi connectivity index (χ4n) is 0.155. The van der Waals surface area contributed by atoms with Crippen LogP contribution in [0.5, 0.6) is 0 Å². The second-order valence-electron chi connectivity index (χ2n) is 1.18. The van der Waals surface area contributed by atoms with E-state index in [1.807, 2.05) is 0 Å². The van der Waals surface area contributed by atoms with E-state index in [4.69, 9.17) is 1.37 Å². The number of nitrogens with zero attached hydrogens (tertiary/aromatic N) is 1. The lowest BCUT2D eigenvalue weighted by molar-refractivity contribution is -0.118. The molecule has 0 bridgehead atoms. The molecule has 1 N–H and O–H groups in total. The van der Waals surface area contributed by atoms with Gasteiger partial charge in [-0.2, -0.15) is 5.10 Å². The summed E-state index contributed by atoms with van der Waals surface area (Å²) in [6, 6.07) is 0. The number of halogens is 1. The number of carbonyl (C=O) groups is 1. The minimum Gasteiger partial charge on any atom is -0.274 e. The monoisotopic (exact) mass is 146 g/mol. The molecule has 0 saturated heterocycles. The minimum absolute atomic E-state index is 0.141. The number of hydrazone groups is 1. The number of nitrogens with one attached hydrogen (secondary N) is 1. The maximum atomic E-state index is 10.4. The zero-order chi connectivity index (χ0) is 9.28. The molecule has 5 heteroatoms. The first-order valence-corrected chi connectivity index (χ1v) is 2.56. The van der Waals surface area contributed by atoms with E-state index in [9.17, 15) is 9.18 Å². The molecule has 0 fully saturated rings. The molecule has 0 aliphatic carbocycles. The number of alkyl halides is 1. The minimum atomic E-state index is -1.92. The molecular weight excluding hydrogens is 134 g/mol. The van der Waals surface area contributed by atoms with Gasteiger partial charge < -0.3 is 0 Å². The smallest absolute Gasteiger partial charge is 0.236 e. The molecule has 3 nitrogen and oxygen atoms in total. The summed E-state index contributed by atoms with van der Waals surface area (Å²) in [5, 5.41) is 3.45. The third-order valence-corrected chi connectivity index (χ3v) is 0.351. The predicted molar refractivity (Wildman–Crippen MR) is 39.7 cm³/mol. The van der Waals surface area contributed by atoms with Gasteiger partial charge in [-0.3, -0.25) is 9.18 Å². The van der Waals surface area contributed by atoms with E-state index in [0.717, 1.165) is 0 Å². The van der Waals surface area contributed by atoms with Crippen LogP contribution in [0, 0.1) is 0 Å². The van der Waals surface area contributed by atoms with Gasteiger partial charge in [-0.25, -0.2) is 5.43 Å². The molecule has 0 aromatic rings. The Kier molecular flexibility index (Phi) is 10.1. The van der Waals surface area contributed by atoms with Gasteiger partial charge in [0.15, 0.2) is 0 Å². The van der Waals surface area contributed by atoms with Crippen LogP contribution in [-0.2, 0) is 4.79 Å². The molecule has 2 radical (unpaired) electrons. The summed E-state index contributed by atoms with van der Waals surface area (Å²) in [6.45, 7) is 1.23. The van der Waals surface area contributed by atoms with Crippen LogP contribution >= 0.6 is 0 Å². The summed E-state index contributed by atoms with van der Waals surface area (Å²) >= 11 is 0. The second kappa shape index (κ2) is 11.0. The summed E-state index contributed by atoms with van der Waals surface area (Å²) in [5.41, 5.74) is 2.23. The van der Waals surface area contributed by atoms with Gasteiger partial charge in [-0.15, -0.1) is 0 Å². The molecule has 56 valence electrons. The third kappa shape index (κ3) is 27.3. The second-order valence-corrected chi connectivity index (χ2v) is 1.18. The Morgan fingerprint density at radius 1 is 2.10 bits per heavy atom. The molecular formula is C5H10BFN2O. The third-order valence-electron chi connectivity index (χ3n) is 0.351. The van der Waals surface area contributed by atoms with Crippen molar-refractivity contribution in [1.29, 1.82) is 0 Å². The SMILES string of the molecule is C/C=N\NC(C)=O.[3H]C([B])F. The molecule has 0 rings (SSSR count). The van der Waals surface area contributed by atoms with E-state index < -0.39 is 6.55 Å². The first-order chi connectivity index (χ1) is 5.00. The van der Waals surface area contributed by atoms with Crippen molar-refractivity contribution < 1.29 is 10.6 Å². The van der Waals surface area contributed by atoms with Crippen molar-refractivity contribution in [1.82, 2.24) is 5.43 Å². The Morgan fingerprint density at radius 3 is 2.60 bits per heavy atom. The van der Waals surface area contributed by atoms with Gasteiger partial charge in [0, 0.05) is 19.7 Å². The molecule has 1 unspecified atom stereocenters. The van der Waals surface area contributed by atoms with E-state index in [1.54, 1.807) is 6.92 Å². The Labute approximate surface area is 62.5 Å². The lowest BCUT2D eigenvalue weighted by Gasteiger charge is -1.84. The van der Waals surface area contributed by atoms with E-state index >= 15 is 0 Å². The van der Waals surface area contributed by atoms with E-state index in [0.29, 0.717) is 0 Å². The largest absolute Gasteiger partial charge is 0.274 e. The Bertz CT molecular complexity index is 129. The van der Waals surface area contributed by atoms with Crippen LogP contribution in [0.15, 0.2) is 5.10 Å². The van der Waals surface area contributed by atoms with Crippen molar-refractivity contribution in [3.05, 3.63) is 0 Å². The highest BCUT2D eigenvalue weighted by atomic mass is 19.1. The van der Waals surface area contributed by atoms with Gasteiger partial charge in [0.2, 0.25) is 5.91 Å². The van der Waals surface area contributed by atoms with Gasteiger partial charge >= 0.3 is 0 Å². The lowest BCUT2D eigenvalue weighted by atomic mass is 10.2. The highest BCUT2D eigenvalue weighted by Crippen LogP contribution is 1.56. The molecule has 10 heavy (non-hydrogen) atoms. The predicted octanol–water partition coefficient (Wildman–Crippen LogP) is 0.210. The van der Waals surface area contributed by atoms with Crippen molar-refractivity contribution >= 4 is 20.0 Å². The molecule has 0 aromatic heterocycles. The quantitative estimate of drug-likeness (QED) is 0.320. The number of hydrogen-bond acceptors (Lipinski definition) is 2. The maximum Gasteiger partial charge on any atom is 0.236 e. The Hall–Kier alpha value is -0.865. The average molecular weight is 146 g/mol. The fraction of sp³-hybridized carbons (Fsp3) is 0.600. The van der Waals surface area contributed by atoms with Gasteiger partial charge in [0.1, 0.15) is 7.85 Å². The van der Waals surface area contributed by atoms with E-state index in [1.165, 1.54) is 13.1 Å². The molecule has 0 aliphatic rings. The number of hydrogen-bond donors (Lipinski definition) is 1. The summed E-state index contributed by atoms with van der Waals surface area (Å²) in [4.78, 5) is 9.98. The lowest BCUT2D eigenvalue weighted by Crippen LogP contribution is -2.11. The molecule has 0 aliphatic heterocycles. The molecule has 0 aromatic carbocycles. The van der Waals surface area contributed by atoms with Gasteiger partial charge in [0.25, 0.3) is 0 Å². The van der Waals surface area contributed by atoms with Crippen LogP contribution in [0.4, 0.5) is 4.39 Å². The van der Waals surface area contributed by atoms with Crippen molar-refractivity contribution in [2.24, 2.45) is 5.10 Å². The first-order valence-electron chi connectivity index (χ1n) is 3.14. The fourth-order valence-corrected chi connectivity index (χ4v) is 0.155. The number of amides is 1. The zero-order valence-electron chi connectivity index (χ0n) is 6.97. The first kappa shape index (κ1) is 9.13. The topological polar surface area (TPSA) is 41.5 Å². The van der Waals surface area contributed by atoms with Crippen LogP contribution in [-0.4, -0.2) is 26.5 Å². The van der Waals surface area contributed by atoms with Gasteiger partial charge in [-0.05, 0) is 6.92 Å². The highest BCUT2D eigenvalue weighted by Gasteiger charge is 1.78. The van der Waals surface area contributed by atoms with Crippen LogP contribution in [0.1, 0.15) is 15.2 Å². The normalized spacial score (nSPS) is 12.9. The number of rotatable bonds is 1. The summed E-state index contributed by atoms with van der Waals surface area (Å²) in [6.07, 6.45) is 1.52. The Morgan fingerprint density at radius 2 is 2.50 bits per heavy atom. The summed E-state index contributed by atoms with van der Waals surface area (Å²) in [7, 11) is 4.11. The van der Waals surface area contributed by atoms with Gasteiger partial charge in [-0.1, -0.05) is 0 Å². The van der Waals surface area contributed by atoms with Crippen molar-refractivity contribution in [2.75, 3.05) is 6.55 Å². The highest BCUT2D eigenvalue weighted by molar-refractivity contribution is 6.07. The van der Waals surface area contributed by atoms with Crippen molar-refractivity contribution in [2.45, 2.75) is 13.8 Å². The Balaban J connectivity index is 0. The zero-order valence-corrected chi connectivity index (χ0v) is 5.97. The van der Waals surface area contributed by atoms with Crippen LogP contribution in [0.3, 0.4) is 0 Å². The summed E-state index contributed by atoms with van der Waals surface area (Å²) in [5.74, 6) is -0.141. The van der Waals surface area contributed by atoms with Gasteiger partial charge in [0.05, 0.1) is 1.37 Å². The summed E-state index contributed by atoms with van der Waals surface area (Å²) < 4.78 is 16.1. The average Bonchev–Trinajstić information content (AvgIpc) is 1.82. The molecule has 1 amide bonds. The number of carbonyl (C=O) groups excluding carboxylic acids is 1. The van der Waals surface area contributed by atoms with Crippen LogP contribution < -0.4 is 5.43 Å². The van der Waals surface area contributed by atoms with E-state index in [-0.39, 0.29) is 5.91 Å². The van der Waals surface area contributed by atoms with E-state index in [2.05, 4.69) is 18.4 Å². The standard InChI is InChI=1S/C4H8N2O.CH2BF/c1-3-5-6-4(2)7;2-1-3/h3H,1-2H3,(H,6,7);1H2/b5-3-;/i;1T. The molecule has 0 saturated carbocycles. The molecule has 0 spiro atoms. The van der Waals surface area contributed by atoms with Crippen molar-refractivity contribution in [3.63, 3.8) is 0 Å².